The fourth-order valence-corrected chi connectivity index (χ4v) is 1.80. The van der Waals surface area contributed by atoms with Crippen molar-refractivity contribution in [2.45, 2.75) is 6.42 Å². The fraction of sp³-hybridized carbons (Fsp3) is 0.0667. The molecule has 0 radical (unpaired) electrons. The largest absolute Gasteiger partial charge is 0.478 e. The second-order valence-electron chi connectivity index (χ2n) is 3.95. The maximum atomic E-state index is 10.9. The maximum Gasteiger partial charge on any atom is 0.335 e. The molecule has 2 aromatic rings. The summed E-state index contributed by atoms with van der Waals surface area (Å²) in [5.41, 5.74) is 2.52. The van der Waals surface area contributed by atoms with Crippen LogP contribution in [0.4, 0.5) is 0 Å². The zero-order valence-electron chi connectivity index (χ0n) is 9.63. The average molecular weight is 237 g/mol. The first-order chi connectivity index (χ1) is 8.70. The summed E-state index contributed by atoms with van der Waals surface area (Å²) >= 11 is 0. The summed E-state index contributed by atoms with van der Waals surface area (Å²) in [5.74, 6) is -0.978. The number of nitrogens with zero attached hydrogens (tertiary/aromatic N) is 1. The van der Waals surface area contributed by atoms with Crippen molar-refractivity contribution in [3.8, 4) is 6.07 Å². The van der Waals surface area contributed by atoms with E-state index >= 15 is 0 Å². The van der Waals surface area contributed by atoms with Crippen molar-refractivity contribution in [2.75, 3.05) is 0 Å². The lowest BCUT2D eigenvalue weighted by Gasteiger charge is -2.05. The lowest BCUT2D eigenvalue weighted by Crippen LogP contribution is -2.00. The first-order valence-corrected chi connectivity index (χ1v) is 5.51. The summed E-state index contributed by atoms with van der Waals surface area (Å²) in [6.07, 6.45) is 0.560. The molecule has 0 spiro atoms. The van der Waals surface area contributed by atoms with Crippen molar-refractivity contribution in [3.05, 3.63) is 70.8 Å². The Bertz CT molecular complexity index is 612. The number of carboxylic acid groups (broad SMARTS) is 1. The van der Waals surface area contributed by atoms with E-state index in [1.165, 1.54) is 6.07 Å². The highest BCUT2D eigenvalue weighted by Gasteiger charge is 2.08. The number of rotatable bonds is 3. The van der Waals surface area contributed by atoms with Crippen LogP contribution in [0, 0.1) is 11.3 Å². The van der Waals surface area contributed by atoms with Crippen LogP contribution < -0.4 is 0 Å². The molecule has 0 unspecified atom stereocenters. The second kappa shape index (κ2) is 5.15. The topological polar surface area (TPSA) is 61.1 Å². The maximum absolute atomic E-state index is 10.9. The lowest BCUT2D eigenvalue weighted by molar-refractivity contribution is 0.0697. The predicted octanol–water partition coefficient (Wildman–Crippen LogP) is 2.85. The van der Waals surface area contributed by atoms with E-state index in [1.807, 2.05) is 30.3 Å². The summed E-state index contributed by atoms with van der Waals surface area (Å²) < 4.78 is 0. The van der Waals surface area contributed by atoms with Crippen LogP contribution in [0.2, 0.25) is 0 Å². The number of hydrogen-bond acceptors (Lipinski definition) is 2. The van der Waals surface area contributed by atoms with E-state index in [4.69, 9.17) is 10.4 Å². The third-order valence-electron chi connectivity index (χ3n) is 2.71. The number of hydrogen-bond donors (Lipinski definition) is 1. The van der Waals surface area contributed by atoms with Crippen LogP contribution >= 0.6 is 0 Å². The Morgan fingerprint density at radius 1 is 1.17 bits per heavy atom. The Kier molecular flexibility index (Phi) is 3.40. The molecule has 0 aliphatic rings. The molecule has 18 heavy (non-hydrogen) atoms. The van der Waals surface area contributed by atoms with E-state index < -0.39 is 5.97 Å². The molecule has 0 aliphatic heterocycles. The SMILES string of the molecule is N#Cc1ccc(C(=O)O)cc1Cc1ccccc1. The molecule has 3 nitrogen and oxygen atoms in total. The zero-order valence-corrected chi connectivity index (χ0v) is 9.63. The van der Waals surface area contributed by atoms with Gasteiger partial charge in [0.15, 0.2) is 0 Å². The van der Waals surface area contributed by atoms with Gasteiger partial charge in [-0.3, -0.25) is 0 Å². The van der Waals surface area contributed by atoms with Gasteiger partial charge in [0.2, 0.25) is 0 Å². The average Bonchev–Trinajstić information content (AvgIpc) is 2.39. The molecule has 0 bridgehead atoms. The van der Waals surface area contributed by atoms with Crippen LogP contribution in [0.1, 0.15) is 27.0 Å². The molecular formula is C15H11NO2. The number of carboxylic acids is 1. The standard InChI is InChI=1S/C15H11NO2/c16-10-13-7-6-12(15(17)18)9-14(13)8-11-4-2-1-3-5-11/h1-7,9H,8H2,(H,17,18). The molecule has 0 aliphatic carbocycles. The van der Waals surface area contributed by atoms with Crippen LogP contribution in [0.25, 0.3) is 0 Å². The molecule has 0 saturated heterocycles. The minimum absolute atomic E-state index is 0.208. The van der Waals surface area contributed by atoms with Crippen LogP contribution in [0.15, 0.2) is 48.5 Å². The van der Waals surface area contributed by atoms with Gasteiger partial charge in [-0.1, -0.05) is 30.3 Å². The van der Waals surface area contributed by atoms with Crippen molar-refractivity contribution in [1.29, 1.82) is 5.26 Å². The third kappa shape index (κ3) is 2.55. The number of nitriles is 1. The third-order valence-corrected chi connectivity index (χ3v) is 2.71. The van der Waals surface area contributed by atoms with Gasteiger partial charge in [-0.15, -0.1) is 0 Å². The molecule has 0 atom stereocenters. The minimum atomic E-state index is -0.978. The molecule has 2 aromatic carbocycles. The van der Waals surface area contributed by atoms with E-state index in [0.717, 1.165) is 11.1 Å². The number of aromatic carboxylic acids is 1. The van der Waals surface area contributed by atoms with Crippen molar-refractivity contribution in [1.82, 2.24) is 0 Å². The first kappa shape index (κ1) is 11.9. The highest BCUT2D eigenvalue weighted by atomic mass is 16.4. The van der Waals surface area contributed by atoms with Gasteiger partial charge >= 0.3 is 5.97 Å². The summed E-state index contributed by atoms with van der Waals surface area (Å²) in [7, 11) is 0. The number of carbonyl (C=O) groups is 1. The summed E-state index contributed by atoms with van der Waals surface area (Å²) in [5, 5.41) is 18.0. The molecule has 0 fully saturated rings. The molecule has 3 heteroatoms. The van der Waals surface area contributed by atoms with E-state index in [9.17, 15) is 4.79 Å². The predicted molar refractivity (Wildman–Crippen MR) is 67.4 cm³/mol. The van der Waals surface area contributed by atoms with Crippen molar-refractivity contribution < 1.29 is 9.90 Å². The van der Waals surface area contributed by atoms with Crippen LogP contribution in [-0.4, -0.2) is 11.1 Å². The number of benzene rings is 2. The van der Waals surface area contributed by atoms with Crippen molar-refractivity contribution >= 4 is 5.97 Å². The van der Waals surface area contributed by atoms with Crippen LogP contribution in [0.5, 0.6) is 0 Å². The van der Waals surface area contributed by atoms with Gasteiger partial charge in [0.25, 0.3) is 0 Å². The quantitative estimate of drug-likeness (QED) is 0.892. The van der Waals surface area contributed by atoms with Gasteiger partial charge in [0.05, 0.1) is 17.2 Å². The Labute approximate surface area is 105 Å². The normalized spacial score (nSPS) is 9.72. The molecule has 0 saturated carbocycles. The van der Waals surface area contributed by atoms with Gasteiger partial charge in [-0.2, -0.15) is 5.26 Å². The Hall–Kier alpha value is -2.60. The van der Waals surface area contributed by atoms with Crippen molar-refractivity contribution in [3.63, 3.8) is 0 Å². The summed E-state index contributed by atoms with van der Waals surface area (Å²) in [6, 6.07) is 16.3. The van der Waals surface area contributed by atoms with Crippen LogP contribution in [0.3, 0.4) is 0 Å². The van der Waals surface area contributed by atoms with Crippen molar-refractivity contribution in [2.24, 2.45) is 0 Å². The zero-order chi connectivity index (χ0) is 13.0. The van der Waals surface area contributed by atoms with E-state index in [1.54, 1.807) is 12.1 Å². The Morgan fingerprint density at radius 2 is 1.89 bits per heavy atom. The highest BCUT2D eigenvalue weighted by molar-refractivity contribution is 5.88. The van der Waals surface area contributed by atoms with E-state index in [2.05, 4.69) is 6.07 Å². The first-order valence-electron chi connectivity index (χ1n) is 5.51. The molecule has 2 rings (SSSR count). The highest BCUT2D eigenvalue weighted by Crippen LogP contribution is 2.16. The van der Waals surface area contributed by atoms with Gasteiger partial charge in [-0.05, 0) is 35.7 Å². The molecule has 88 valence electrons. The monoisotopic (exact) mass is 237 g/mol. The molecule has 0 amide bonds. The van der Waals surface area contributed by atoms with E-state index in [-0.39, 0.29) is 5.56 Å². The summed E-state index contributed by atoms with van der Waals surface area (Å²) in [6.45, 7) is 0. The lowest BCUT2D eigenvalue weighted by atomic mass is 9.98. The fourth-order valence-electron chi connectivity index (χ4n) is 1.80. The smallest absolute Gasteiger partial charge is 0.335 e. The molecule has 0 aromatic heterocycles. The van der Waals surface area contributed by atoms with Gasteiger partial charge in [-0.25, -0.2) is 4.79 Å². The Balaban J connectivity index is 2.39. The van der Waals surface area contributed by atoms with Gasteiger partial charge in [0.1, 0.15) is 0 Å². The van der Waals surface area contributed by atoms with Gasteiger partial charge in [0, 0.05) is 0 Å². The molecular weight excluding hydrogens is 226 g/mol. The Morgan fingerprint density at radius 3 is 2.50 bits per heavy atom. The van der Waals surface area contributed by atoms with Crippen LogP contribution in [-0.2, 0) is 6.42 Å². The van der Waals surface area contributed by atoms with E-state index in [0.29, 0.717) is 12.0 Å². The summed E-state index contributed by atoms with van der Waals surface area (Å²) in [4.78, 5) is 10.9. The van der Waals surface area contributed by atoms with Gasteiger partial charge < -0.3 is 5.11 Å². The minimum Gasteiger partial charge on any atom is -0.478 e. The molecule has 0 heterocycles. The second-order valence-corrected chi connectivity index (χ2v) is 3.95. The molecule has 1 N–H and O–H groups in total.